The number of aryl methyl sites for hydroxylation is 1. The van der Waals surface area contributed by atoms with E-state index >= 15 is 0 Å². The summed E-state index contributed by atoms with van der Waals surface area (Å²) in [5, 5.41) is 3.26. The van der Waals surface area contributed by atoms with Crippen LogP contribution in [0, 0.1) is 6.92 Å². The van der Waals surface area contributed by atoms with Gasteiger partial charge in [0, 0.05) is 31.2 Å². The summed E-state index contributed by atoms with van der Waals surface area (Å²) in [6.45, 7) is 3.56. The number of nitrogens with one attached hydrogen (secondary N) is 4. The zero-order valence-electron chi connectivity index (χ0n) is 24.5. The number of aromatic nitrogens is 3. The van der Waals surface area contributed by atoms with Crippen molar-refractivity contribution in [2.45, 2.75) is 22.8 Å². The summed E-state index contributed by atoms with van der Waals surface area (Å²) in [6, 6.07) is 19.0. The third-order valence-electron chi connectivity index (χ3n) is 7.54. The predicted octanol–water partition coefficient (Wildman–Crippen LogP) is 3.61. The van der Waals surface area contributed by atoms with Crippen LogP contribution in [0.2, 0.25) is 0 Å². The number of aliphatic imine (C=N–C) groups is 1. The Kier molecular flexibility index (Phi) is 8.03. The molecule has 0 spiro atoms. The molecule has 3 heterocycles. The first-order valence-corrected chi connectivity index (χ1v) is 17.5. The second-order valence-corrected chi connectivity index (χ2v) is 14.5. The summed E-state index contributed by atoms with van der Waals surface area (Å²) in [5.41, 5.74) is 4.47. The van der Waals surface area contributed by atoms with E-state index in [1.807, 2.05) is 31.5 Å². The summed E-state index contributed by atoms with van der Waals surface area (Å²) < 4.78 is 53.3. The van der Waals surface area contributed by atoms with Gasteiger partial charge in [0.15, 0.2) is 9.84 Å². The number of hydrogen-bond acceptors (Lipinski definition) is 9. The van der Waals surface area contributed by atoms with Crippen LogP contribution >= 0.6 is 0 Å². The van der Waals surface area contributed by atoms with Gasteiger partial charge in [-0.2, -0.15) is 0 Å². The average Bonchev–Trinajstić information content (AvgIpc) is 3.70. The fraction of sp³-hybridized carbons (Fsp3) is 0.194. The van der Waals surface area contributed by atoms with E-state index < -0.39 is 25.9 Å². The Labute approximate surface area is 260 Å². The first-order chi connectivity index (χ1) is 21.5. The Hall–Kier alpha value is -4.79. The summed E-state index contributed by atoms with van der Waals surface area (Å²) in [7, 11) is -7.55. The van der Waals surface area contributed by atoms with Gasteiger partial charge in [-0.05, 0) is 60.5 Å². The average molecular weight is 646 g/mol. The van der Waals surface area contributed by atoms with E-state index in [-0.39, 0.29) is 27.5 Å². The zero-order chi connectivity index (χ0) is 31.8. The molecule has 0 radical (unpaired) electrons. The van der Waals surface area contributed by atoms with Gasteiger partial charge in [-0.15, -0.1) is 0 Å². The van der Waals surface area contributed by atoms with E-state index in [0.29, 0.717) is 17.1 Å². The van der Waals surface area contributed by atoms with Crippen molar-refractivity contribution >= 4 is 48.6 Å². The molecule has 0 saturated heterocycles. The Morgan fingerprint density at radius 2 is 1.71 bits per heavy atom. The number of imidazole rings is 1. The molecule has 5 aromatic rings. The topological polar surface area (TPSA) is 169 Å². The molecule has 12 nitrogen and oxygen atoms in total. The summed E-state index contributed by atoms with van der Waals surface area (Å²) in [5.74, 6) is 0.368. The maximum absolute atomic E-state index is 13.4. The molecule has 1 aliphatic rings. The molecule has 6 rings (SSSR count). The number of sulfone groups is 1. The van der Waals surface area contributed by atoms with Crippen LogP contribution in [-0.4, -0.2) is 64.0 Å². The summed E-state index contributed by atoms with van der Waals surface area (Å²) >= 11 is 0. The van der Waals surface area contributed by atoms with Crippen LogP contribution in [0.5, 0.6) is 0 Å². The van der Waals surface area contributed by atoms with Gasteiger partial charge in [-0.3, -0.25) is 9.79 Å². The quantitative estimate of drug-likeness (QED) is 0.179. The van der Waals surface area contributed by atoms with Gasteiger partial charge in [0.1, 0.15) is 11.4 Å². The van der Waals surface area contributed by atoms with Crippen LogP contribution in [0.4, 0.5) is 11.4 Å². The predicted molar refractivity (Wildman–Crippen MR) is 175 cm³/mol. The first kappa shape index (κ1) is 30.2. The molecule has 0 unspecified atom stereocenters. The third-order valence-corrected chi connectivity index (χ3v) is 10.2. The van der Waals surface area contributed by atoms with Crippen molar-refractivity contribution in [3.05, 3.63) is 100 Å². The van der Waals surface area contributed by atoms with Gasteiger partial charge in [-0.1, -0.05) is 30.3 Å². The lowest BCUT2D eigenvalue weighted by Gasteiger charge is -2.21. The molecule has 232 valence electrons. The largest absolute Gasteiger partial charge is 0.382 e. The molecule has 14 heteroatoms. The first-order valence-electron chi connectivity index (χ1n) is 14.1. The van der Waals surface area contributed by atoms with Crippen LogP contribution in [0.15, 0.2) is 98.6 Å². The second kappa shape index (κ2) is 12.0. The highest BCUT2D eigenvalue weighted by Crippen LogP contribution is 2.30. The lowest BCUT2D eigenvalue weighted by molar-refractivity contribution is 0.561. The molecule has 0 aliphatic carbocycles. The van der Waals surface area contributed by atoms with Gasteiger partial charge >= 0.3 is 0 Å². The molecular weight excluding hydrogens is 615 g/mol. The molecule has 1 aliphatic heterocycles. The van der Waals surface area contributed by atoms with Crippen molar-refractivity contribution in [2.24, 2.45) is 4.99 Å². The Bertz CT molecular complexity index is 2180. The number of pyridine rings is 1. The maximum Gasteiger partial charge on any atom is 0.261 e. The van der Waals surface area contributed by atoms with Crippen molar-refractivity contribution in [3.8, 4) is 11.4 Å². The molecule has 4 N–H and O–H groups in total. The molecule has 0 fully saturated rings. The Morgan fingerprint density at radius 1 is 0.978 bits per heavy atom. The smallest absolute Gasteiger partial charge is 0.261 e. The number of anilines is 2. The van der Waals surface area contributed by atoms with E-state index in [4.69, 9.17) is 4.98 Å². The number of aromatic amines is 2. The number of sulfonamides is 1. The van der Waals surface area contributed by atoms with Gasteiger partial charge in [-0.25, -0.2) is 26.5 Å². The fourth-order valence-electron chi connectivity index (χ4n) is 5.24. The van der Waals surface area contributed by atoms with Crippen molar-refractivity contribution in [1.82, 2.24) is 19.7 Å². The van der Waals surface area contributed by atoms with Crippen molar-refractivity contribution < 1.29 is 16.8 Å². The van der Waals surface area contributed by atoms with Crippen LogP contribution < -0.4 is 20.5 Å². The number of H-pyrrole nitrogens is 2. The lowest BCUT2D eigenvalue weighted by Crippen LogP contribution is -2.33. The highest BCUT2D eigenvalue weighted by Gasteiger charge is 2.24. The van der Waals surface area contributed by atoms with Gasteiger partial charge in [0.25, 0.3) is 5.56 Å². The molecule has 45 heavy (non-hydrogen) atoms. The standard InChI is InChI=1S/C31H31N7O5S2/c1-20-16-22(38-15-14-32-19-38)17-26-29(20)36-30(35-26)28-25(12-13-33-31(28)39)34-18-27(21-6-4-3-5-7-21)37-45(42,43)24-10-8-23(9-11-24)44(2,40)41/h3-13,16-17,19,27,37H,14-15,18H2,1-2H3,(H,35,36)(H2,33,34,39)/t27-/m1/s1. The van der Waals surface area contributed by atoms with Crippen LogP contribution in [0.25, 0.3) is 22.4 Å². The number of fused-ring (bicyclic) bond motifs is 1. The number of nitrogens with zero attached hydrogens (tertiary/aromatic N) is 3. The highest BCUT2D eigenvalue weighted by molar-refractivity contribution is 7.90. The Morgan fingerprint density at radius 3 is 2.40 bits per heavy atom. The van der Waals surface area contributed by atoms with Crippen LogP contribution in [0.3, 0.4) is 0 Å². The van der Waals surface area contributed by atoms with Gasteiger partial charge < -0.3 is 20.2 Å². The van der Waals surface area contributed by atoms with Crippen molar-refractivity contribution in [1.29, 1.82) is 0 Å². The Balaban J connectivity index is 1.31. The minimum Gasteiger partial charge on any atom is -0.382 e. The maximum atomic E-state index is 13.4. The van der Waals surface area contributed by atoms with Gasteiger partial charge in [0.2, 0.25) is 10.0 Å². The molecule has 0 bridgehead atoms. The minimum absolute atomic E-state index is 0.0199. The zero-order valence-corrected chi connectivity index (χ0v) is 26.1. The van der Waals surface area contributed by atoms with Crippen LogP contribution in [-0.2, 0) is 19.9 Å². The summed E-state index contributed by atoms with van der Waals surface area (Å²) in [4.78, 5) is 30.2. The van der Waals surface area contributed by atoms with E-state index in [0.717, 1.165) is 41.6 Å². The SMILES string of the molecule is Cc1cc(N2C=NCC2)cc2[nH]c(-c3c(NC[C@@H](NS(=O)(=O)c4ccc(S(C)(=O)=O)cc4)c4ccccc4)cc[nH]c3=O)nc12. The normalized spacial score (nSPS) is 14.2. The third kappa shape index (κ3) is 6.38. The van der Waals surface area contributed by atoms with Crippen molar-refractivity contribution in [2.75, 3.05) is 36.1 Å². The molecule has 0 amide bonds. The molecule has 2 aromatic heterocycles. The minimum atomic E-state index is -4.06. The highest BCUT2D eigenvalue weighted by atomic mass is 32.2. The van der Waals surface area contributed by atoms with Crippen molar-refractivity contribution in [3.63, 3.8) is 0 Å². The van der Waals surface area contributed by atoms with E-state index in [9.17, 15) is 21.6 Å². The molecule has 3 aromatic carbocycles. The number of hydrogen-bond donors (Lipinski definition) is 4. The number of rotatable bonds is 10. The van der Waals surface area contributed by atoms with E-state index in [1.54, 1.807) is 30.3 Å². The van der Waals surface area contributed by atoms with E-state index in [1.165, 1.54) is 30.5 Å². The molecule has 1 atom stereocenters. The molecular formula is C31H31N7O5S2. The van der Waals surface area contributed by atoms with E-state index in [2.05, 4.69) is 29.9 Å². The lowest BCUT2D eigenvalue weighted by atomic mass is 10.1. The monoisotopic (exact) mass is 645 g/mol. The van der Waals surface area contributed by atoms with Gasteiger partial charge in [0.05, 0.1) is 45.4 Å². The van der Waals surface area contributed by atoms with Crippen LogP contribution in [0.1, 0.15) is 17.2 Å². The summed E-state index contributed by atoms with van der Waals surface area (Å²) in [6.07, 6.45) is 4.38. The molecule has 0 saturated carbocycles. The fourth-order valence-corrected chi connectivity index (χ4v) is 7.09. The number of benzene rings is 3. The second-order valence-electron chi connectivity index (χ2n) is 10.8.